The Morgan fingerprint density at radius 2 is 2.14 bits per heavy atom. The van der Waals surface area contributed by atoms with Crippen LogP contribution in [0.1, 0.15) is 16.1 Å². The molecule has 2 aromatic heterocycles. The lowest BCUT2D eigenvalue weighted by molar-refractivity contribution is -0.387. The largest absolute Gasteiger partial charge is 0.451 e. The molecule has 4 rings (SSSR count). The van der Waals surface area contributed by atoms with Gasteiger partial charge in [0.2, 0.25) is 0 Å². The number of hydrogen-bond donors (Lipinski definition) is 2. The summed E-state index contributed by atoms with van der Waals surface area (Å²) in [6.45, 7) is 0. The van der Waals surface area contributed by atoms with E-state index < -0.39 is 10.8 Å². The zero-order valence-corrected chi connectivity index (χ0v) is 15.4. The summed E-state index contributed by atoms with van der Waals surface area (Å²) in [6, 6.07) is 13.4. The molecule has 2 aromatic carbocycles. The first-order valence-corrected chi connectivity index (χ1v) is 9.05. The molecule has 11 heteroatoms. The van der Waals surface area contributed by atoms with E-state index in [1.807, 2.05) is 18.2 Å². The van der Waals surface area contributed by atoms with Crippen molar-refractivity contribution in [3.05, 3.63) is 76.3 Å². The van der Waals surface area contributed by atoms with Crippen LogP contribution in [0.3, 0.4) is 0 Å². The first kappa shape index (κ1) is 18.4. The minimum atomic E-state index is -0.524. The van der Waals surface area contributed by atoms with Crippen LogP contribution in [0.5, 0.6) is 0 Å². The fraction of sp³-hybridized carbons (Fsp3) is 0. The number of nitro benzene ring substituents is 1. The first-order chi connectivity index (χ1) is 14.1. The van der Waals surface area contributed by atoms with Crippen LogP contribution in [0.2, 0.25) is 0 Å². The van der Waals surface area contributed by atoms with Gasteiger partial charge in [-0.3, -0.25) is 20.0 Å². The molecule has 0 saturated heterocycles. The molecule has 0 aliphatic carbocycles. The molecule has 0 fully saturated rings. The topological polar surface area (TPSA) is 139 Å². The number of aromatic amines is 1. The summed E-state index contributed by atoms with van der Waals surface area (Å²) < 4.78 is 5.46. The van der Waals surface area contributed by atoms with Crippen LogP contribution in [0.25, 0.3) is 11.0 Å². The van der Waals surface area contributed by atoms with Gasteiger partial charge in [-0.1, -0.05) is 24.3 Å². The fourth-order valence-electron chi connectivity index (χ4n) is 2.51. The zero-order chi connectivity index (χ0) is 20.2. The number of para-hydroxylation sites is 1. The van der Waals surface area contributed by atoms with E-state index in [0.29, 0.717) is 21.2 Å². The number of fused-ring (bicyclic) bond motifs is 1. The van der Waals surface area contributed by atoms with Gasteiger partial charge < -0.3 is 4.42 Å². The summed E-state index contributed by atoms with van der Waals surface area (Å²) in [5.41, 5.74) is 3.28. The molecule has 0 aliphatic heterocycles. The number of benzene rings is 2. The zero-order valence-electron chi connectivity index (χ0n) is 14.6. The molecular formula is C18H12N6O4S. The Morgan fingerprint density at radius 3 is 2.90 bits per heavy atom. The molecule has 0 radical (unpaired) electrons. The maximum absolute atomic E-state index is 12.2. The molecule has 2 heterocycles. The SMILES string of the molecule is O=C(N/N=C/c1ccc(Sc2ncn[nH]2)c([N+](=O)[O-])c1)c1cc2ccccc2o1. The number of rotatable bonds is 6. The number of furan rings is 1. The van der Waals surface area contributed by atoms with Crippen molar-refractivity contribution in [2.75, 3.05) is 0 Å². The van der Waals surface area contributed by atoms with Gasteiger partial charge in [0.1, 0.15) is 11.9 Å². The molecule has 144 valence electrons. The van der Waals surface area contributed by atoms with E-state index >= 15 is 0 Å². The fourth-order valence-corrected chi connectivity index (χ4v) is 3.29. The van der Waals surface area contributed by atoms with Gasteiger partial charge in [-0.25, -0.2) is 10.4 Å². The molecule has 0 bridgehead atoms. The number of hydrogen-bond acceptors (Lipinski definition) is 8. The summed E-state index contributed by atoms with van der Waals surface area (Å²) in [6.07, 6.45) is 2.64. The highest BCUT2D eigenvalue weighted by molar-refractivity contribution is 7.99. The monoisotopic (exact) mass is 408 g/mol. The molecule has 0 spiro atoms. The molecule has 0 atom stereocenters. The van der Waals surface area contributed by atoms with Crippen molar-refractivity contribution >= 4 is 40.5 Å². The van der Waals surface area contributed by atoms with Crippen LogP contribution < -0.4 is 5.43 Å². The number of carbonyl (C=O) groups is 1. The minimum Gasteiger partial charge on any atom is -0.451 e. The maximum atomic E-state index is 12.2. The Kier molecular flexibility index (Phi) is 5.03. The van der Waals surface area contributed by atoms with E-state index in [1.54, 1.807) is 24.3 Å². The number of H-pyrrole nitrogens is 1. The average molecular weight is 408 g/mol. The Balaban J connectivity index is 1.48. The van der Waals surface area contributed by atoms with Crippen molar-refractivity contribution in [2.45, 2.75) is 10.1 Å². The van der Waals surface area contributed by atoms with Crippen molar-refractivity contribution in [3.63, 3.8) is 0 Å². The second-order valence-corrected chi connectivity index (χ2v) is 6.76. The van der Waals surface area contributed by atoms with Gasteiger partial charge in [-0.05, 0) is 30.0 Å². The highest BCUT2D eigenvalue weighted by Gasteiger charge is 2.17. The molecule has 0 aliphatic rings. The molecular weight excluding hydrogens is 396 g/mol. The summed E-state index contributed by atoms with van der Waals surface area (Å²) >= 11 is 1.09. The quantitative estimate of drug-likeness (QED) is 0.283. The third-order valence-corrected chi connectivity index (χ3v) is 4.76. The number of nitrogens with zero attached hydrogens (tertiary/aromatic N) is 4. The molecule has 29 heavy (non-hydrogen) atoms. The van der Waals surface area contributed by atoms with Crippen LogP contribution in [0, 0.1) is 10.1 Å². The second-order valence-electron chi connectivity index (χ2n) is 5.72. The number of nitrogens with one attached hydrogen (secondary N) is 2. The summed E-state index contributed by atoms with van der Waals surface area (Å²) in [5.74, 6) is -0.405. The van der Waals surface area contributed by atoms with Crippen molar-refractivity contribution in [2.24, 2.45) is 5.10 Å². The standard InChI is InChI=1S/C18H12N6O4S/c25-17(15-8-12-3-1-2-4-14(12)28-15)22-20-9-11-5-6-16(13(7-11)24(26)27)29-18-19-10-21-23-18/h1-10H,(H,22,25)(H,19,21,23)/b20-9+. The predicted molar refractivity (Wildman–Crippen MR) is 105 cm³/mol. The lowest BCUT2D eigenvalue weighted by Gasteiger charge is -2.02. The average Bonchev–Trinajstić information content (AvgIpc) is 3.38. The van der Waals surface area contributed by atoms with Crippen LogP contribution in [0.15, 0.2) is 74.4 Å². The van der Waals surface area contributed by atoms with E-state index in [-0.39, 0.29) is 11.4 Å². The van der Waals surface area contributed by atoms with Crippen molar-refractivity contribution in [3.8, 4) is 0 Å². The molecule has 0 unspecified atom stereocenters. The van der Waals surface area contributed by atoms with Crippen LogP contribution in [-0.4, -0.2) is 32.2 Å². The van der Waals surface area contributed by atoms with Crippen LogP contribution >= 0.6 is 11.8 Å². The molecule has 0 saturated carbocycles. The van der Waals surface area contributed by atoms with Crippen molar-refractivity contribution < 1.29 is 14.1 Å². The van der Waals surface area contributed by atoms with Gasteiger partial charge >= 0.3 is 5.91 Å². The van der Waals surface area contributed by atoms with Crippen molar-refractivity contribution in [1.82, 2.24) is 20.6 Å². The Bertz CT molecular complexity index is 1190. The number of carbonyl (C=O) groups excluding carboxylic acids is 1. The van der Waals surface area contributed by atoms with E-state index in [9.17, 15) is 14.9 Å². The lowest BCUT2D eigenvalue weighted by atomic mass is 10.2. The van der Waals surface area contributed by atoms with Gasteiger partial charge in [0.15, 0.2) is 10.9 Å². The van der Waals surface area contributed by atoms with Gasteiger partial charge in [0, 0.05) is 17.0 Å². The number of hydrazone groups is 1. The molecule has 1 amide bonds. The maximum Gasteiger partial charge on any atom is 0.307 e. The lowest BCUT2D eigenvalue weighted by Crippen LogP contribution is -2.16. The Hall–Kier alpha value is -3.99. The number of amides is 1. The third-order valence-electron chi connectivity index (χ3n) is 3.81. The molecule has 4 aromatic rings. The van der Waals surface area contributed by atoms with Gasteiger partial charge in [-0.15, -0.1) is 0 Å². The molecule has 2 N–H and O–H groups in total. The number of nitro groups is 1. The summed E-state index contributed by atoms with van der Waals surface area (Å²) in [4.78, 5) is 27.4. The highest BCUT2D eigenvalue weighted by Crippen LogP contribution is 2.33. The van der Waals surface area contributed by atoms with E-state index in [2.05, 4.69) is 25.7 Å². The summed E-state index contributed by atoms with van der Waals surface area (Å²) in [7, 11) is 0. The predicted octanol–water partition coefficient (Wildman–Crippen LogP) is 3.37. The third kappa shape index (κ3) is 4.14. The van der Waals surface area contributed by atoms with Crippen LogP contribution in [-0.2, 0) is 0 Å². The first-order valence-electron chi connectivity index (χ1n) is 8.24. The minimum absolute atomic E-state index is 0.112. The van der Waals surface area contributed by atoms with Gasteiger partial charge in [0.25, 0.3) is 5.69 Å². The normalized spacial score (nSPS) is 11.2. The van der Waals surface area contributed by atoms with Crippen molar-refractivity contribution in [1.29, 1.82) is 0 Å². The van der Waals surface area contributed by atoms with E-state index in [1.165, 1.54) is 18.6 Å². The Morgan fingerprint density at radius 1 is 1.28 bits per heavy atom. The molecule has 10 nitrogen and oxygen atoms in total. The Labute approximate surface area is 167 Å². The second kappa shape index (κ2) is 7.94. The van der Waals surface area contributed by atoms with E-state index in [0.717, 1.165) is 17.1 Å². The van der Waals surface area contributed by atoms with Gasteiger partial charge in [-0.2, -0.15) is 10.2 Å². The van der Waals surface area contributed by atoms with E-state index in [4.69, 9.17) is 4.42 Å². The van der Waals surface area contributed by atoms with Gasteiger partial charge in [0.05, 0.1) is 16.0 Å². The smallest absolute Gasteiger partial charge is 0.307 e. The number of aromatic nitrogens is 3. The van der Waals surface area contributed by atoms with Crippen LogP contribution in [0.4, 0.5) is 5.69 Å². The highest BCUT2D eigenvalue weighted by atomic mass is 32.2. The summed E-state index contributed by atoms with van der Waals surface area (Å²) in [5, 5.41) is 22.8.